The molecule has 18 heavy (non-hydrogen) atoms. The molecular weight excluding hydrogens is 301 g/mol. The van der Waals surface area contributed by atoms with E-state index in [-0.39, 0.29) is 11.5 Å². The van der Waals surface area contributed by atoms with Crippen LogP contribution in [-0.2, 0) is 4.74 Å². The first-order chi connectivity index (χ1) is 8.50. The molecule has 1 fully saturated rings. The van der Waals surface area contributed by atoms with Gasteiger partial charge < -0.3 is 10.1 Å². The van der Waals surface area contributed by atoms with Gasteiger partial charge in [-0.25, -0.2) is 4.39 Å². The number of halogens is 2. The van der Waals surface area contributed by atoms with Crippen molar-refractivity contribution in [1.29, 1.82) is 0 Å². The molecule has 1 aromatic rings. The van der Waals surface area contributed by atoms with Crippen molar-refractivity contribution < 1.29 is 13.9 Å². The number of ether oxygens (including phenoxy) is 1. The second-order valence-electron chi connectivity index (χ2n) is 4.71. The minimum Gasteiger partial charge on any atom is -0.373 e. The number of carbonyl (C=O) groups is 1. The van der Waals surface area contributed by atoms with Gasteiger partial charge in [0.2, 0.25) is 0 Å². The summed E-state index contributed by atoms with van der Waals surface area (Å²) in [4.78, 5) is 11.9. The maximum absolute atomic E-state index is 13.3. The molecule has 1 aliphatic rings. The van der Waals surface area contributed by atoms with Crippen molar-refractivity contribution in [3.8, 4) is 0 Å². The molecule has 2 rings (SSSR count). The molecule has 1 unspecified atom stereocenters. The van der Waals surface area contributed by atoms with E-state index in [1.165, 1.54) is 12.1 Å². The van der Waals surface area contributed by atoms with Crippen molar-refractivity contribution in [1.82, 2.24) is 5.32 Å². The van der Waals surface area contributed by atoms with E-state index in [0.29, 0.717) is 16.6 Å². The Morgan fingerprint density at radius 2 is 2.39 bits per heavy atom. The molecule has 0 saturated carbocycles. The molecule has 0 aromatic heterocycles. The standard InChI is InChI=1S/C13H15BrFNO2/c1-13(5-2-6-18-13)8-16-12(17)9-3-4-10(14)11(15)7-9/h3-4,7H,2,5-6,8H2,1H3,(H,16,17). The molecule has 0 aliphatic carbocycles. The Hall–Kier alpha value is -0.940. The summed E-state index contributed by atoms with van der Waals surface area (Å²) in [6, 6.07) is 4.33. The predicted octanol–water partition coefficient (Wildman–Crippen LogP) is 2.89. The molecule has 3 nitrogen and oxygen atoms in total. The molecule has 98 valence electrons. The van der Waals surface area contributed by atoms with Gasteiger partial charge in [0.05, 0.1) is 10.1 Å². The summed E-state index contributed by atoms with van der Waals surface area (Å²) in [6.07, 6.45) is 1.95. The van der Waals surface area contributed by atoms with Crippen LogP contribution in [0.25, 0.3) is 0 Å². The maximum atomic E-state index is 13.3. The minimum absolute atomic E-state index is 0.280. The zero-order valence-electron chi connectivity index (χ0n) is 10.1. The lowest BCUT2D eigenvalue weighted by molar-refractivity contribution is 0.0206. The number of rotatable bonds is 3. The molecule has 1 amide bonds. The highest BCUT2D eigenvalue weighted by Crippen LogP contribution is 2.24. The van der Waals surface area contributed by atoms with Crippen molar-refractivity contribution in [2.24, 2.45) is 0 Å². The molecule has 0 radical (unpaired) electrons. The SMILES string of the molecule is CC1(CNC(=O)c2ccc(Br)c(F)c2)CCCO1. The highest BCUT2D eigenvalue weighted by Gasteiger charge is 2.30. The highest BCUT2D eigenvalue weighted by atomic mass is 79.9. The summed E-state index contributed by atoms with van der Waals surface area (Å²) in [5.74, 6) is -0.718. The van der Waals surface area contributed by atoms with E-state index in [1.807, 2.05) is 6.92 Å². The second kappa shape index (κ2) is 5.36. The van der Waals surface area contributed by atoms with Gasteiger partial charge in [0.1, 0.15) is 5.82 Å². The Kier molecular flexibility index (Phi) is 4.02. The maximum Gasteiger partial charge on any atom is 0.251 e. The van der Waals surface area contributed by atoms with E-state index in [1.54, 1.807) is 6.07 Å². The fourth-order valence-electron chi connectivity index (χ4n) is 1.98. The third-order valence-corrected chi connectivity index (χ3v) is 3.75. The van der Waals surface area contributed by atoms with Crippen molar-refractivity contribution >= 4 is 21.8 Å². The summed E-state index contributed by atoms with van der Waals surface area (Å²) in [5, 5.41) is 2.78. The van der Waals surface area contributed by atoms with E-state index >= 15 is 0 Å². The van der Waals surface area contributed by atoms with Gasteiger partial charge in [-0.1, -0.05) is 0 Å². The predicted molar refractivity (Wildman–Crippen MR) is 70.0 cm³/mol. The highest BCUT2D eigenvalue weighted by molar-refractivity contribution is 9.10. The fourth-order valence-corrected chi connectivity index (χ4v) is 2.23. The molecule has 1 saturated heterocycles. The smallest absolute Gasteiger partial charge is 0.251 e. The van der Waals surface area contributed by atoms with Crippen LogP contribution in [-0.4, -0.2) is 24.7 Å². The van der Waals surface area contributed by atoms with Crippen LogP contribution in [0.3, 0.4) is 0 Å². The summed E-state index contributed by atoms with van der Waals surface area (Å²) >= 11 is 3.05. The van der Waals surface area contributed by atoms with E-state index in [2.05, 4.69) is 21.2 Å². The Balaban J connectivity index is 1.97. The number of amides is 1. The third-order valence-electron chi connectivity index (χ3n) is 3.11. The zero-order valence-corrected chi connectivity index (χ0v) is 11.7. The molecule has 1 atom stereocenters. The van der Waals surface area contributed by atoms with E-state index in [0.717, 1.165) is 19.4 Å². The molecule has 1 aliphatic heterocycles. The lowest BCUT2D eigenvalue weighted by atomic mass is 10.0. The van der Waals surface area contributed by atoms with Gasteiger partial charge in [0.15, 0.2) is 0 Å². The van der Waals surface area contributed by atoms with Crippen LogP contribution in [0.5, 0.6) is 0 Å². The molecule has 5 heteroatoms. The van der Waals surface area contributed by atoms with E-state index in [9.17, 15) is 9.18 Å². The quantitative estimate of drug-likeness (QED) is 0.931. The minimum atomic E-state index is -0.439. The molecule has 1 N–H and O–H groups in total. The first-order valence-corrected chi connectivity index (χ1v) is 6.67. The molecule has 0 bridgehead atoms. The number of nitrogens with one attached hydrogen (secondary N) is 1. The summed E-state index contributed by atoms with van der Waals surface area (Å²) in [6.45, 7) is 3.16. The van der Waals surface area contributed by atoms with Gasteiger partial charge in [0.25, 0.3) is 5.91 Å². The number of carbonyl (C=O) groups excluding carboxylic acids is 1. The van der Waals surface area contributed by atoms with Crippen LogP contribution in [0, 0.1) is 5.82 Å². The normalized spacial score (nSPS) is 23.1. The van der Waals surface area contributed by atoms with Crippen LogP contribution >= 0.6 is 15.9 Å². The summed E-state index contributed by atoms with van der Waals surface area (Å²) in [7, 11) is 0. The first kappa shape index (κ1) is 13.5. The number of hydrogen-bond donors (Lipinski definition) is 1. The van der Waals surface area contributed by atoms with Crippen LogP contribution in [0.4, 0.5) is 4.39 Å². The summed E-state index contributed by atoms with van der Waals surface area (Å²) < 4.78 is 19.2. The second-order valence-corrected chi connectivity index (χ2v) is 5.57. The van der Waals surface area contributed by atoms with Crippen LogP contribution < -0.4 is 5.32 Å². The van der Waals surface area contributed by atoms with Gasteiger partial charge in [-0.05, 0) is 53.9 Å². The third kappa shape index (κ3) is 3.09. The lowest BCUT2D eigenvalue weighted by Crippen LogP contribution is -2.40. The molecule has 1 heterocycles. The number of benzene rings is 1. The Morgan fingerprint density at radius 3 is 3.00 bits per heavy atom. The van der Waals surface area contributed by atoms with Crippen molar-refractivity contribution in [3.63, 3.8) is 0 Å². The average Bonchev–Trinajstić information content (AvgIpc) is 2.77. The topological polar surface area (TPSA) is 38.3 Å². The zero-order chi connectivity index (χ0) is 13.2. The van der Waals surface area contributed by atoms with Crippen LogP contribution in [0.1, 0.15) is 30.1 Å². The van der Waals surface area contributed by atoms with Gasteiger partial charge in [-0.3, -0.25) is 4.79 Å². The van der Waals surface area contributed by atoms with Crippen molar-refractivity contribution in [2.75, 3.05) is 13.2 Å². The molecule has 0 spiro atoms. The van der Waals surface area contributed by atoms with Gasteiger partial charge in [-0.2, -0.15) is 0 Å². The number of hydrogen-bond acceptors (Lipinski definition) is 2. The molecular formula is C13H15BrFNO2. The average molecular weight is 316 g/mol. The van der Waals surface area contributed by atoms with Crippen LogP contribution in [0.2, 0.25) is 0 Å². The Morgan fingerprint density at radius 1 is 1.61 bits per heavy atom. The first-order valence-electron chi connectivity index (χ1n) is 5.87. The fraction of sp³-hybridized carbons (Fsp3) is 0.462. The Bertz CT molecular complexity index is 458. The van der Waals surface area contributed by atoms with E-state index < -0.39 is 5.82 Å². The van der Waals surface area contributed by atoms with Crippen molar-refractivity contribution in [3.05, 3.63) is 34.1 Å². The molecule has 1 aromatic carbocycles. The van der Waals surface area contributed by atoms with E-state index in [4.69, 9.17) is 4.74 Å². The lowest BCUT2D eigenvalue weighted by Gasteiger charge is -2.23. The summed E-state index contributed by atoms with van der Waals surface area (Å²) in [5.41, 5.74) is 0.0288. The van der Waals surface area contributed by atoms with Gasteiger partial charge in [-0.15, -0.1) is 0 Å². The Labute approximate surface area is 114 Å². The van der Waals surface area contributed by atoms with Gasteiger partial charge >= 0.3 is 0 Å². The largest absolute Gasteiger partial charge is 0.373 e. The monoisotopic (exact) mass is 315 g/mol. The van der Waals surface area contributed by atoms with Gasteiger partial charge in [0, 0.05) is 18.7 Å². The van der Waals surface area contributed by atoms with Crippen molar-refractivity contribution in [2.45, 2.75) is 25.4 Å². The van der Waals surface area contributed by atoms with Crippen LogP contribution in [0.15, 0.2) is 22.7 Å².